The quantitative estimate of drug-likeness (QED) is 0.765. The number of hydrogen-bond donors (Lipinski definition) is 2. The van der Waals surface area contributed by atoms with E-state index in [1.807, 2.05) is 44.4 Å². The van der Waals surface area contributed by atoms with E-state index in [-0.39, 0.29) is 6.04 Å². The number of carboxylic acids is 1. The molecule has 0 aromatic heterocycles. The normalized spacial score (nSPS) is 14.3. The number of hydrogen-bond acceptors (Lipinski definition) is 3. The van der Waals surface area contributed by atoms with E-state index in [4.69, 9.17) is 0 Å². The Morgan fingerprint density at radius 1 is 1.41 bits per heavy atom. The average molecular weight is 253 g/mol. The number of rotatable bonds is 6. The third-order valence-corrected chi connectivity index (χ3v) is 3.50. The first-order chi connectivity index (χ1) is 8.08. The second-order valence-corrected chi connectivity index (χ2v) is 4.90. The molecular formula is C13H19NO2S. The highest BCUT2D eigenvalue weighted by molar-refractivity contribution is 7.98. The second kappa shape index (κ2) is 6.67. The standard InChI is InChI=1S/C13H19NO2S/c1-4-9(2)14-12(13(15)16)10-5-7-11(17-3)8-6-10/h5-9,12,14H,4H2,1-3H3,(H,15,16). The molecule has 2 atom stereocenters. The van der Waals surface area contributed by atoms with E-state index < -0.39 is 12.0 Å². The molecule has 0 fully saturated rings. The molecule has 1 aromatic carbocycles. The van der Waals surface area contributed by atoms with Crippen LogP contribution in [0.4, 0.5) is 0 Å². The van der Waals surface area contributed by atoms with E-state index in [0.29, 0.717) is 0 Å². The van der Waals surface area contributed by atoms with Crippen molar-refractivity contribution in [2.45, 2.75) is 37.2 Å². The van der Waals surface area contributed by atoms with E-state index in [1.54, 1.807) is 11.8 Å². The lowest BCUT2D eigenvalue weighted by Crippen LogP contribution is -2.34. The van der Waals surface area contributed by atoms with Gasteiger partial charge in [0.15, 0.2) is 0 Å². The summed E-state index contributed by atoms with van der Waals surface area (Å²) in [6.45, 7) is 4.03. The third-order valence-electron chi connectivity index (χ3n) is 2.76. The summed E-state index contributed by atoms with van der Waals surface area (Å²) in [7, 11) is 0. The molecule has 17 heavy (non-hydrogen) atoms. The molecular weight excluding hydrogens is 234 g/mol. The zero-order valence-corrected chi connectivity index (χ0v) is 11.3. The van der Waals surface area contributed by atoms with Gasteiger partial charge in [-0.3, -0.25) is 10.1 Å². The van der Waals surface area contributed by atoms with Crippen LogP contribution in [-0.4, -0.2) is 23.4 Å². The summed E-state index contributed by atoms with van der Waals surface area (Å²) >= 11 is 1.65. The molecule has 0 radical (unpaired) electrons. The Morgan fingerprint density at radius 2 is 2.00 bits per heavy atom. The van der Waals surface area contributed by atoms with Crippen LogP contribution in [0.25, 0.3) is 0 Å². The fraction of sp³-hybridized carbons (Fsp3) is 0.462. The molecule has 0 aliphatic rings. The highest BCUT2D eigenvalue weighted by Crippen LogP contribution is 2.20. The maximum Gasteiger partial charge on any atom is 0.325 e. The van der Waals surface area contributed by atoms with Gasteiger partial charge in [0.25, 0.3) is 0 Å². The van der Waals surface area contributed by atoms with Crippen molar-refractivity contribution in [1.29, 1.82) is 0 Å². The third kappa shape index (κ3) is 4.06. The van der Waals surface area contributed by atoms with E-state index in [2.05, 4.69) is 5.32 Å². The van der Waals surface area contributed by atoms with Gasteiger partial charge in [0.2, 0.25) is 0 Å². The Bertz CT molecular complexity index is 364. The Balaban J connectivity index is 2.85. The summed E-state index contributed by atoms with van der Waals surface area (Å²) in [5.74, 6) is -0.831. The molecule has 3 nitrogen and oxygen atoms in total. The fourth-order valence-electron chi connectivity index (χ4n) is 1.51. The topological polar surface area (TPSA) is 49.3 Å². The lowest BCUT2D eigenvalue weighted by molar-refractivity contribution is -0.139. The van der Waals surface area contributed by atoms with Gasteiger partial charge < -0.3 is 5.11 Å². The molecule has 4 heteroatoms. The van der Waals surface area contributed by atoms with Crippen molar-refractivity contribution in [1.82, 2.24) is 5.32 Å². The molecule has 1 rings (SSSR count). The number of thioether (sulfide) groups is 1. The minimum Gasteiger partial charge on any atom is -0.480 e. The molecule has 2 N–H and O–H groups in total. The molecule has 0 aliphatic heterocycles. The number of carbonyl (C=O) groups is 1. The molecule has 0 spiro atoms. The van der Waals surface area contributed by atoms with E-state index in [9.17, 15) is 9.90 Å². The number of aliphatic carboxylic acids is 1. The molecule has 0 bridgehead atoms. The van der Waals surface area contributed by atoms with Crippen LogP contribution in [0.2, 0.25) is 0 Å². The Hall–Kier alpha value is -1.00. The van der Waals surface area contributed by atoms with Crippen molar-refractivity contribution in [2.24, 2.45) is 0 Å². The molecule has 0 heterocycles. The molecule has 0 amide bonds. The van der Waals surface area contributed by atoms with Crippen molar-refractivity contribution in [3.8, 4) is 0 Å². The number of carboxylic acid groups (broad SMARTS) is 1. The molecule has 2 unspecified atom stereocenters. The largest absolute Gasteiger partial charge is 0.480 e. The minimum absolute atomic E-state index is 0.191. The zero-order chi connectivity index (χ0) is 12.8. The fourth-order valence-corrected chi connectivity index (χ4v) is 1.92. The highest BCUT2D eigenvalue weighted by atomic mass is 32.2. The van der Waals surface area contributed by atoms with Gasteiger partial charge in [-0.25, -0.2) is 0 Å². The van der Waals surface area contributed by atoms with Crippen LogP contribution in [0.3, 0.4) is 0 Å². The summed E-state index contributed by atoms with van der Waals surface area (Å²) < 4.78 is 0. The lowest BCUT2D eigenvalue weighted by Gasteiger charge is -2.19. The van der Waals surface area contributed by atoms with Crippen molar-refractivity contribution in [3.05, 3.63) is 29.8 Å². The first-order valence-electron chi connectivity index (χ1n) is 5.71. The number of benzene rings is 1. The maximum atomic E-state index is 11.2. The van der Waals surface area contributed by atoms with Gasteiger partial charge >= 0.3 is 5.97 Å². The SMILES string of the molecule is CCC(C)NC(C(=O)O)c1ccc(SC)cc1. The Morgan fingerprint density at radius 3 is 2.41 bits per heavy atom. The highest BCUT2D eigenvalue weighted by Gasteiger charge is 2.20. The van der Waals surface area contributed by atoms with E-state index in [1.165, 1.54) is 0 Å². The monoisotopic (exact) mass is 253 g/mol. The van der Waals surface area contributed by atoms with Crippen molar-refractivity contribution in [2.75, 3.05) is 6.26 Å². The predicted molar refractivity (Wildman–Crippen MR) is 71.5 cm³/mol. The molecule has 0 saturated heterocycles. The van der Waals surface area contributed by atoms with Gasteiger partial charge in [0, 0.05) is 10.9 Å². The number of nitrogens with one attached hydrogen (secondary N) is 1. The summed E-state index contributed by atoms with van der Waals surface area (Å²) in [6.07, 6.45) is 2.91. The van der Waals surface area contributed by atoms with Gasteiger partial charge in [-0.2, -0.15) is 0 Å². The van der Waals surface area contributed by atoms with Crippen LogP contribution < -0.4 is 5.32 Å². The average Bonchev–Trinajstić information content (AvgIpc) is 2.35. The van der Waals surface area contributed by atoms with Crippen molar-refractivity contribution in [3.63, 3.8) is 0 Å². The van der Waals surface area contributed by atoms with Gasteiger partial charge in [-0.15, -0.1) is 11.8 Å². The van der Waals surface area contributed by atoms with Crippen LogP contribution in [-0.2, 0) is 4.79 Å². The molecule has 94 valence electrons. The smallest absolute Gasteiger partial charge is 0.325 e. The summed E-state index contributed by atoms with van der Waals surface area (Å²) in [5.41, 5.74) is 0.801. The first kappa shape index (κ1) is 14.1. The summed E-state index contributed by atoms with van der Waals surface area (Å²) in [6, 6.07) is 7.22. The van der Waals surface area contributed by atoms with Crippen molar-refractivity contribution < 1.29 is 9.90 Å². The Kier molecular flexibility index (Phi) is 5.51. The van der Waals surface area contributed by atoms with Crippen LogP contribution in [0.15, 0.2) is 29.2 Å². The Labute approximate surface area is 107 Å². The first-order valence-corrected chi connectivity index (χ1v) is 6.93. The minimum atomic E-state index is -0.831. The van der Waals surface area contributed by atoms with Gasteiger partial charge in [0.05, 0.1) is 0 Å². The molecule has 1 aromatic rings. The van der Waals surface area contributed by atoms with Crippen LogP contribution in [0, 0.1) is 0 Å². The van der Waals surface area contributed by atoms with Crippen LogP contribution >= 0.6 is 11.8 Å². The van der Waals surface area contributed by atoms with E-state index >= 15 is 0 Å². The lowest BCUT2D eigenvalue weighted by atomic mass is 10.1. The zero-order valence-electron chi connectivity index (χ0n) is 10.4. The van der Waals surface area contributed by atoms with Crippen LogP contribution in [0.1, 0.15) is 31.9 Å². The van der Waals surface area contributed by atoms with Crippen LogP contribution in [0.5, 0.6) is 0 Å². The maximum absolute atomic E-state index is 11.2. The molecule has 0 aliphatic carbocycles. The van der Waals surface area contributed by atoms with Crippen molar-refractivity contribution >= 4 is 17.7 Å². The summed E-state index contributed by atoms with van der Waals surface area (Å²) in [4.78, 5) is 12.4. The van der Waals surface area contributed by atoms with Gasteiger partial charge in [0.1, 0.15) is 6.04 Å². The molecule has 0 saturated carbocycles. The van der Waals surface area contributed by atoms with Gasteiger partial charge in [-0.1, -0.05) is 19.1 Å². The van der Waals surface area contributed by atoms with Gasteiger partial charge in [-0.05, 0) is 37.3 Å². The predicted octanol–water partition coefficient (Wildman–Crippen LogP) is 2.92. The summed E-state index contributed by atoms with van der Waals surface area (Å²) in [5, 5.41) is 12.3. The van der Waals surface area contributed by atoms with E-state index in [0.717, 1.165) is 16.9 Å². The second-order valence-electron chi connectivity index (χ2n) is 4.02.